The maximum absolute atomic E-state index is 12.6. The first kappa shape index (κ1) is 14.1. The van der Waals surface area contributed by atoms with Gasteiger partial charge in [0.1, 0.15) is 12.9 Å². The van der Waals surface area contributed by atoms with Gasteiger partial charge in [0.25, 0.3) is 0 Å². The molecule has 20 heavy (non-hydrogen) atoms. The highest BCUT2D eigenvalue weighted by Gasteiger charge is 2.33. The predicted molar refractivity (Wildman–Crippen MR) is 65.9 cm³/mol. The highest BCUT2D eigenvalue weighted by atomic mass is 19.4. The van der Waals surface area contributed by atoms with Crippen molar-refractivity contribution >= 4 is 6.03 Å². The second-order valence-corrected chi connectivity index (χ2v) is 4.21. The Bertz CT molecular complexity index is 552. The standard InChI is InChI=1S/C13H12F3N3O/c14-13(15,16)9-19(8-11-4-2-1-3-5-11)12(20)18-7-6-17-10-18/h1-7,10H,8-9H2. The minimum absolute atomic E-state index is 0.114. The number of nitrogens with zero attached hydrogens (tertiary/aromatic N) is 3. The maximum Gasteiger partial charge on any atom is 0.406 e. The van der Waals surface area contributed by atoms with Crippen molar-refractivity contribution in [1.82, 2.24) is 14.5 Å². The molecule has 0 aliphatic heterocycles. The summed E-state index contributed by atoms with van der Waals surface area (Å²) in [5.74, 6) is 0. The summed E-state index contributed by atoms with van der Waals surface area (Å²) in [4.78, 5) is 16.4. The number of hydrogen-bond acceptors (Lipinski definition) is 2. The minimum Gasteiger partial charge on any atom is -0.311 e. The number of carbonyl (C=O) groups is 1. The Balaban J connectivity index is 2.19. The second kappa shape index (κ2) is 5.77. The largest absolute Gasteiger partial charge is 0.406 e. The molecule has 7 heteroatoms. The maximum atomic E-state index is 12.6. The van der Waals surface area contributed by atoms with E-state index in [2.05, 4.69) is 4.98 Å². The molecule has 2 rings (SSSR count). The predicted octanol–water partition coefficient (Wildman–Crippen LogP) is 2.92. The van der Waals surface area contributed by atoms with Gasteiger partial charge in [-0.15, -0.1) is 0 Å². The van der Waals surface area contributed by atoms with Crippen molar-refractivity contribution in [3.05, 3.63) is 54.6 Å². The lowest BCUT2D eigenvalue weighted by Gasteiger charge is -2.24. The van der Waals surface area contributed by atoms with Gasteiger partial charge in [-0.2, -0.15) is 13.2 Å². The Labute approximate surface area is 113 Å². The van der Waals surface area contributed by atoms with Crippen LogP contribution in [-0.4, -0.2) is 33.2 Å². The lowest BCUT2D eigenvalue weighted by molar-refractivity contribution is -0.140. The van der Waals surface area contributed by atoms with Gasteiger partial charge in [-0.05, 0) is 5.56 Å². The molecule has 0 unspecified atom stereocenters. The summed E-state index contributed by atoms with van der Waals surface area (Å²) in [6.07, 6.45) is -0.620. The van der Waals surface area contributed by atoms with Crippen molar-refractivity contribution in [3.8, 4) is 0 Å². The van der Waals surface area contributed by atoms with E-state index >= 15 is 0 Å². The van der Waals surface area contributed by atoms with Gasteiger partial charge in [-0.3, -0.25) is 4.57 Å². The van der Waals surface area contributed by atoms with Crippen LogP contribution in [0.4, 0.5) is 18.0 Å². The molecule has 106 valence electrons. The summed E-state index contributed by atoms with van der Waals surface area (Å²) in [6, 6.07) is 7.76. The Morgan fingerprint density at radius 2 is 1.95 bits per heavy atom. The Morgan fingerprint density at radius 3 is 2.50 bits per heavy atom. The van der Waals surface area contributed by atoms with Crippen LogP contribution in [0.5, 0.6) is 0 Å². The van der Waals surface area contributed by atoms with Gasteiger partial charge in [-0.25, -0.2) is 9.78 Å². The van der Waals surface area contributed by atoms with E-state index in [1.165, 1.54) is 18.7 Å². The van der Waals surface area contributed by atoms with E-state index in [4.69, 9.17) is 0 Å². The third kappa shape index (κ3) is 3.84. The van der Waals surface area contributed by atoms with Crippen molar-refractivity contribution in [2.24, 2.45) is 0 Å². The van der Waals surface area contributed by atoms with Crippen LogP contribution in [0.2, 0.25) is 0 Å². The average Bonchev–Trinajstić information content (AvgIpc) is 2.90. The zero-order chi connectivity index (χ0) is 14.6. The average molecular weight is 283 g/mol. The molecule has 1 amide bonds. The minimum atomic E-state index is -4.45. The third-order valence-corrected chi connectivity index (χ3v) is 2.58. The van der Waals surface area contributed by atoms with Gasteiger partial charge >= 0.3 is 12.2 Å². The van der Waals surface area contributed by atoms with Crippen LogP contribution in [0.15, 0.2) is 49.1 Å². The van der Waals surface area contributed by atoms with E-state index < -0.39 is 18.8 Å². The molecule has 0 radical (unpaired) electrons. The number of rotatable bonds is 3. The zero-order valence-electron chi connectivity index (χ0n) is 10.4. The molecular weight excluding hydrogens is 271 g/mol. The van der Waals surface area contributed by atoms with E-state index in [0.717, 1.165) is 9.47 Å². The SMILES string of the molecule is O=C(N(Cc1ccccc1)CC(F)(F)F)n1ccnc1. The summed E-state index contributed by atoms with van der Waals surface area (Å²) in [7, 11) is 0. The van der Waals surface area contributed by atoms with Crippen molar-refractivity contribution in [2.45, 2.75) is 12.7 Å². The molecule has 0 N–H and O–H groups in total. The number of hydrogen-bond donors (Lipinski definition) is 0. The van der Waals surface area contributed by atoms with Gasteiger partial charge < -0.3 is 4.90 Å². The summed E-state index contributed by atoms with van der Waals surface area (Å²) in [6.45, 7) is -1.42. The molecule has 0 bridgehead atoms. The first-order valence-corrected chi connectivity index (χ1v) is 5.83. The molecule has 0 fully saturated rings. The highest BCUT2D eigenvalue weighted by Crippen LogP contribution is 2.19. The van der Waals surface area contributed by atoms with Crippen molar-refractivity contribution in [3.63, 3.8) is 0 Å². The normalized spacial score (nSPS) is 11.3. The van der Waals surface area contributed by atoms with Crippen LogP contribution < -0.4 is 0 Å². The molecule has 1 aromatic carbocycles. The topological polar surface area (TPSA) is 38.1 Å². The van der Waals surface area contributed by atoms with E-state index in [0.29, 0.717) is 5.56 Å². The van der Waals surface area contributed by atoms with Crippen molar-refractivity contribution in [2.75, 3.05) is 6.54 Å². The fourth-order valence-electron chi connectivity index (χ4n) is 1.75. The van der Waals surface area contributed by atoms with Crippen molar-refractivity contribution < 1.29 is 18.0 Å². The number of amides is 1. The molecule has 1 aromatic heterocycles. The van der Waals surface area contributed by atoms with Crippen LogP contribution in [-0.2, 0) is 6.54 Å². The molecular formula is C13H12F3N3O. The number of benzene rings is 1. The van der Waals surface area contributed by atoms with E-state index in [1.54, 1.807) is 30.3 Å². The smallest absolute Gasteiger partial charge is 0.311 e. The summed E-state index contributed by atoms with van der Waals surface area (Å²) < 4.78 is 38.8. The molecule has 1 heterocycles. The van der Waals surface area contributed by atoms with Gasteiger partial charge in [-0.1, -0.05) is 30.3 Å². The van der Waals surface area contributed by atoms with Crippen LogP contribution in [0.1, 0.15) is 5.56 Å². The fraction of sp³-hybridized carbons (Fsp3) is 0.231. The molecule has 0 saturated heterocycles. The Kier molecular flexibility index (Phi) is 4.07. The summed E-state index contributed by atoms with van der Waals surface area (Å²) in [5, 5.41) is 0. The zero-order valence-corrected chi connectivity index (χ0v) is 10.4. The number of aromatic nitrogens is 2. The molecule has 0 aliphatic rings. The van der Waals surface area contributed by atoms with Gasteiger partial charge in [0.15, 0.2) is 0 Å². The van der Waals surface area contributed by atoms with Gasteiger partial charge in [0.05, 0.1) is 0 Å². The highest BCUT2D eigenvalue weighted by molar-refractivity contribution is 5.76. The van der Waals surface area contributed by atoms with E-state index in [-0.39, 0.29) is 6.54 Å². The number of carbonyl (C=O) groups excluding carboxylic acids is 1. The second-order valence-electron chi connectivity index (χ2n) is 4.21. The quantitative estimate of drug-likeness (QED) is 0.868. The first-order valence-electron chi connectivity index (χ1n) is 5.83. The molecule has 0 spiro atoms. The molecule has 0 atom stereocenters. The number of alkyl halides is 3. The monoisotopic (exact) mass is 283 g/mol. The Morgan fingerprint density at radius 1 is 1.25 bits per heavy atom. The lowest BCUT2D eigenvalue weighted by Crippen LogP contribution is -2.40. The molecule has 0 aliphatic carbocycles. The van der Waals surface area contributed by atoms with Gasteiger partial charge in [0, 0.05) is 18.9 Å². The number of imidazole rings is 1. The van der Waals surface area contributed by atoms with Crippen LogP contribution in [0.3, 0.4) is 0 Å². The number of halogens is 3. The third-order valence-electron chi connectivity index (χ3n) is 2.58. The lowest BCUT2D eigenvalue weighted by atomic mass is 10.2. The Hall–Kier alpha value is -2.31. The van der Waals surface area contributed by atoms with Crippen molar-refractivity contribution in [1.29, 1.82) is 0 Å². The van der Waals surface area contributed by atoms with Gasteiger partial charge in [0.2, 0.25) is 0 Å². The summed E-state index contributed by atoms with van der Waals surface area (Å²) in [5.41, 5.74) is 0.630. The fourth-order valence-corrected chi connectivity index (χ4v) is 1.75. The summed E-state index contributed by atoms with van der Waals surface area (Å²) >= 11 is 0. The van der Waals surface area contributed by atoms with E-state index in [9.17, 15) is 18.0 Å². The molecule has 2 aromatic rings. The van der Waals surface area contributed by atoms with Crippen LogP contribution in [0.25, 0.3) is 0 Å². The van der Waals surface area contributed by atoms with Crippen LogP contribution >= 0.6 is 0 Å². The molecule has 0 saturated carbocycles. The van der Waals surface area contributed by atoms with Crippen LogP contribution in [0, 0.1) is 0 Å². The van der Waals surface area contributed by atoms with E-state index in [1.807, 2.05) is 0 Å². The molecule has 4 nitrogen and oxygen atoms in total. The first-order chi connectivity index (χ1) is 9.46.